The number of H-pyrrole nitrogens is 1. The third kappa shape index (κ3) is 2.03. The van der Waals surface area contributed by atoms with Crippen LogP contribution in [-0.4, -0.2) is 16.5 Å². The molecular formula is C16H25N3. The lowest BCUT2D eigenvalue weighted by Crippen LogP contribution is -2.44. The number of nitrogens with one attached hydrogen (secondary N) is 1. The molecule has 0 atom stereocenters. The Labute approximate surface area is 115 Å². The SMILES string of the molecule is NCCCc1cnc(C2C3CC4CC(C3)CC2C4)[nH]1. The molecule has 0 aromatic carbocycles. The molecule has 1 aromatic rings. The third-order valence-electron chi connectivity index (χ3n) is 5.84. The minimum atomic E-state index is 0.736. The van der Waals surface area contributed by atoms with Crippen LogP contribution in [0, 0.1) is 23.7 Å². The number of hydrogen-bond acceptors (Lipinski definition) is 2. The van der Waals surface area contributed by atoms with Crippen molar-refractivity contribution in [2.24, 2.45) is 29.4 Å². The van der Waals surface area contributed by atoms with Crippen molar-refractivity contribution in [2.75, 3.05) is 6.54 Å². The van der Waals surface area contributed by atoms with Crippen LogP contribution in [0.1, 0.15) is 56.0 Å². The Morgan fingerprint density at radius 2 is 1.79 bits per heavy atom. The molecule has 4 saturated carbocycles. The van der Waals surface area contributed by atoms with E-state index in [1.165, 1.54) is 43.6 Å². The van der Waals surface area contributed by atoms with Gasteiger partial charge in [0.25, 0.3) is 0 Å². The summed E-state index contributed by atoms with van der Waals surface area (Å²) in [5.74, 6) is 5.96. The highest BCUT2D eigenvalue weighted by Crippen LogP contribution is 2.59. The number of aryl methyl sites for hydroxylation is 1. The summed E-state index contributed by atoms with van der Waals surface area (Å²) in [6, 6.07) is 0. The number of aromatic amines is 1. The van der Waals surface area contributed by atoms with Crippen molar-refractivity contribution in [3.8, 4) is 0 Å². The van der Waals surface area contributed by atoms with Crippen LogP contribution in [0.15, 0.2) is 6.20 Å². The zero-order chi connectivity index (χ0) is 12.8. The second-order valence-corrected chi connectivity index (χ2v) is 7.14. The van der Waals surface area contributed by atoms with Gasteiger partial charge in [0.1, 0.15) is 5.82 Å². The number of aromatic nitrogens is 2. The Bertz CT molecular complexity index is 423. The largest absolute Gasteiger partial charge is 0.346 e. The standard InChI is InChI=1S/C16H25N3/c17-3-1-2-14-9-18-16(19-14)15-12-5-10-4-11(7-12)8-13(15)6-10/h9-13,15H,1-8,17H2,(H,18,19). The van der Waals surface area contributed by atoms with Crippen molar-refractivity contribution in [3.05, 3.63) is 17.7 Å². The summed E-state index contributed by atoms with van der Waals surface area (Å²) in [6.07, 6.45) is 11.6. The van der Waals surface area contributed by atoms with Gasteiger partial charge in [0, 0.05) is 17.8 Å². The molecule has 4 fully saturated rings. The molecule has 19 heavy (non-hydrogen) atoms. The van der Waals surface area contributed by atoms with E-state index in [1.807, 2.05) is 0 Å². The van der Waals surface area contributed by atoms with Crippen LogP contribution in [0.2, 0.25) is 0 Å². The van der Waals surface area contributed by atoms with Crippen LogP contribution >= 0.6 is 0 Å². The Morgan fingerprint density at radius 1 is 1.11 bits per heavy atom. The molecule has 0 radical (unpaired) electrons. The molecule has 0 amide bonds. The molecule has 1 aromatic heterocycles. The van der Waals surface area contributed by atoms with Crippen molar-refractivity contribution >= 4 is 0 Å². The first-order valence-corrected chi connectivity index (χ1v) is 8.07. The van der Waals surface area contributed by atoms with E-state index in [2.05, 4.69) is 11.2 Å². The Morgan fingerprint density at radius 3 is 2.42 bits per heavy atom. The monoisotopic (exact) mass is 259 g/mol. The molecule has 3 heteroatoms. The molecule has 0 unspecified atom stereocenters. The number of hydrogen-bond donors (Lipinski definition) is 2. The lowest BCUT2D eigenvalue weighted by molar-refractivity contribution is -0.00541. The molecular weight excluding hydrogens is 234 g/mol. The van der Waals surface area contributed by atoms with Crippen LogP contribution in [0.25, 0.3) is 0 Å². The first-order valence-electron chi connectivity index (χ1n) is 8.07. The van der Waals surface area contributed by atoms with Gasteiger partial charge in [-0.05, 0) is 75.2 Å². The maximum Gasteiger partial charge on any atom is 0.109 e. The molecule has 0 spiro atoms. The lowest BCUT2D eigenvalue weighted by Gasteiger charge is -2.53. The van der Waals surface area contributed by atoms with E-state index in [-0.39, 0.29) is 0 Å². The molecule has 0 saturated heterocycles. The van der Waals surface area contributed by atoms with Gasteiger partial charge in [0.15, 0.2) is 0 Å². The van der Waals surface area contributed by atoms with Crippen molar-refractivity contribution in [3.63, 3.8) is 0 Å². The zero-order valence-electron chi connectivity index (χ0n) is 11.6. The van der Waals surface area contributed by atoms with Crippen molar-refractivity contribution in [2.45, 2.75) is 50.9 Å². The summed E-state index contributed by atoms with van der Waals surface area (Å²) in [5.41, 5.74) is 6.87. The van der Waals surface area contributed by atoms with E-state index in [0.29, 0.717) is 0 Å². The van der Waals surface area contributed by atoms with Gasteiger partial charge in [0.2, 0.25) is 0 Å². The third-order valence-corrected chi connectivity index (χ3v) is 5.84. The van der Waals surface area contributed by atoms with Crippen LogP contribution in [-0.2, 0) is 6.42 Å². The highest BCUT2D eigenvalue weighted by atomic mass is 14.9. The first kappa shape index (κ1) is 12.0. The van der Waals surface area contributed by atoms with E-state index in [0.717, 1.165) is 49.0 Å². The van der Waals surface area contributed by atoms with Crippen LogP contribution in [0.3, 0.4) is 0 Å². The van der Waals surface area contributed by atoms with Gasteiger partial charge in [0.05, 0.1) is 0 Å². The van der Waals surface area contributed by atoms with E-state index in [9.17, 15) is 0 Å². The topological polar surface area (TPSA) is 54.7 Å². The molecule has 4 bridgehead atoms. The fraction of sp³-hybridized carbons (Fsp3) is 0.812. The van der Waals surface area contributed by atoms with Crippen LogP contribution in [0.4, 0.5) is 0 Å². The van der Waals surface area contributed by atoms with E-state index < -0.39 is 0 Å². The molecule has 104 valence electrons. The van der Waals surface area contributed by atoms with Gasteiger partial charge >= 0.3 is 0 Å². The number of imidazole rings is 1. The van der Waals surface area contributed by atoms with Gasteiger partial charge in [-0.3, -0.25) is 0 Å². The van der Waals surface area contributed by atoms with Crippen molar-refractivity contribution < 1.29 is 0 Å². The summed E-state index contributed by atoms with van der Waals surface area (Å²) in [4.78, 5) is 8.33. The summed E-state index contributed by atoms with van der Waals surface area (Å²) in [6.45, 7) is 0.770. The Kier molecular flexibility index (Phi) is 2.91. The first-order chi connectivity index (χ1) is 9.33. The smallest absolute Gasteiger partial charge is 0.109 e. The molecule has 0 aliphatic heterocycles. The Hall–Kier alpha value is -0.830. The summed E-state index contributed by atoms with van der Waals surface area (Å²) in [5, 5.41) is 0. The van der Waals surface area contributed by atoms with E-state index in [1.54, 1.807) is 0 Å². The van der Waals surface area contributed by atoms with Gasteiger partial charge < -0.3 is 10.7 Å². The summed E-state index contributed by atoms with van der Waals surface area (Å²) >= 11 is 0. The Balaban J connectivity index is 1.54. The number of nitrogens with two attached hydrogens (primary N) is 1. The average Bonchev–Trinajstić information content (AvgIpc) is 2.83. The predicted molar refractivity (Wildman–Crippen MR) is 75.7 cm³/mol. The fourth-order valence-corrected chi connectivity index (χ4v) is 5.34. The average molecular weight is 259 g/mol. The minimum absolute atomic E-state index is 0.736. The van der Waals surface area contributed by atoms with Gasteiger partial charge in [-0.15, -0.1) is 0 Å². The van der Waals surface area contributed by atoms with Crippen LogP contribution in [0.5, 0.6) is 0 Å². The molecule has 5 rings (SSSR count). The fourth-order valence-electron chi connectivity index (χ4n) is 5.34. The number of nitrogens with zero attached hydrogens (tertiary/aromatic N) is 1. The van der Waals surface area contributed by atoms with Crippen molar-refractivity contribution in [1.29, 1.82) is 0 Å². The maximum atomic E-state index is 5.59. The van der Waals surface area contributed by atoms with Gasteiger partial charge in [-0.25, -0.2) is 4.98 Å². The highest BCUT2D eigenvalue weighted by molar-refractivity contribution is 5.13. The van der Waals surface area contributed by atoms with Gasteiger partial charge in [-0.2, -0.15) is 0 Å². The highest BCUT2D eigenvalue weighted by Gasteiger charge is 2.49. The molecule has 3 nitrogen and oxygen atoms in total. The summed E-state index contributed by atoms with van der Waals surface area (Å²) in [7, 11) is 0. The van der Waals surface area contributed by atoms with Crippen LogP contribution < -0.4 is 5.73 Å². The minimum Gasteiger partial charge on any atom is -0.346 e. The normalized spacial score (nSPS) is 39.9. The molecule has 3 N–H and O–H groups in total. The molecule has 4 aliphatic carbocycles. The molecule has 4 aliphatic rings. The second kappa shape index (κ2) is 4.62. The predicted octanol–water partition coefficient (Wildman–Crippen LogP) is 2.84. The number of rotatable bonds is 4. The van der Waals surface area contributed by atoms with Gasteiger partial charge in [-0.1, -0.05) is 0 Å². The molecule has 1 heterocycles. The summed E-state index contributed by atoms with van der Waals surface area (Å²) < 4.78 is 0. The van der Waals surface area contributed by atoms with E-state index in [4.69, 9.17) is 10.7 Å². The quantitative estimate of drug-likeness (QED) is 0.873. The lowest BCUT2D eigenvalue weighted by atomic mass is 9.52. The van der Waals surface area contributed by atoms with E-state index >= 15 is 0 Å². The maximum absolute atomic E-state index is 5.59. The van der Waals surface area contributed by atoms with Crippen molar-refractivity contribution in [1.82, 2.24) is 9.97 Å². The zero-order valence-corrected chi connectivity index (χ0v) is 11.6. The second-order valence-electron chi connectivity index (χ2n) is 7.14.